The van der Waals surface area contributed by atoms with E-state index >= 15 is 0 Å². The summed E-state index contributed by atoms with van der Waals surface area (Å²) in [7, 11) is -2.92. The molecule has 0 aromatic heterocycles. The van der Waals surface area contributed by atoms with Gasteiger partial charge in [-0.15, -0.1) is 0 Å². The van der Waals surface area contributed by atoms with Crippen molar-refractivity contribution in [1.82, 2.24) is 5.32 Å². The summed E-state index contributed by atoms with van der Waals surface area (Å²) >= 11 is 0. The second kappa shape index (κ2) is 5.98. The molecular weight excluding hydrogens is 226 g/mol. The summed E-state index contributed by atoms with van der Waals surface area (Å²) in [5.41, 5.74) is 0. The Kier molecular flexibility index (Phi) is 5.21. The van der Waals surface area contributed by atoms with E-state index in [4.69, 9.17) is 0 Å². The summed E-state index contributed by atoms with van der Waals surface area (Å²) in [6, 6.07) is 0.380. The number of rotatable bonds is 5. The van der Waals surface area contributed by atoms with Gasteiger partial charge < -0.3 is 10.4 Å². The summed E-state index contributed by atoms with van der Waals surface area (Å²) in [5.74, 6) is 0.212. The zero-order valence-corrected chi connectivity index (χ0v) is 11.0. The first-order chi connectivity index (χ1) is 7.42. The molecule has 0 heterocycles. The third-order valence-corrected chi connectivity index (χ3v) is 5.44. The van der Waals surface area contributed by atoms with Crippen LogP contribution in [0.3, 0.4) is 0 Å². The predicted molar refractivity (Wildman–Crippen MR) is 65.2 cm³/mol. The molecule has 2 N–H and O–H groups in total. The zero-order chi connectivity index (χ0) is 12.2. The minimum absolute atomic E-state index is 0.155. The van der Waals surface area contributed by atoms with Crippen LogP contribution in [0.5, 0.6) is 0 Å². The number of sulfone groups is 1. The van der Waals surface area contributed by atoms with Crippen molar-refractivity contribution in [2.75, 3.05) is 12.3 Å². The van der Waals surface area contributed by atoms with Crippen molar-refractivity contribution in [3.8, 4) is 0 Å². The third kappa shape index (κ3) is 4.39. The molecule has 0 atom stereocenters. The quantitative estimate of drug-likeness (QED) is 0.753. The van der Waals surface area contributed by atoms with Crippen LogP contribution in [0, 0.1) is 0 Å². The number of hydrogen-bond donors (Lipinski definition) is 2. The van der Waals surface area contributed by atoms with Crippen LogP contribution in [0.15, 0.2) is 0 Å². The molecule has 1 fully saturated rings. The number of nitrogens with one attached hydrogen (secondary N) is 1. The van der Waals surface area contributed by atoms with E-state index < -0.39 is 9.84 Å². The van der Waals surface area contributed by atoms with Gasteiger partial charge in [0.15, 0.2) is 9.84 Å². The zero-order valence-electron chi connectivity index (χ0n) is 10.1. The van der Waals surface area contributed by atoms with Crippen LogP contribution in [0.1, 0.15) is 39.5 Å². The highest BCUT2D eigenvalue weighted by Gasteiger charge is 2.20. The monoisotopic (exact) mass is 249 g/mol. The van der Waals surface area contributed by atoms with Gasteiger partial charge >= 0.3 is 0 Å². The molecule has 0 aliphatic heterocycles. The maximum absolute atomic E-state index is 11.5. The molecule has 5 heteroatoms. The molecule has 96 valence electrons. The van der Waals surface area contributed by atoms with Crippen molar-refractivity contribution in [3.05, 3.63) is 0 Å². The Morgan fingerprint density at radius 3 is 2.31 bits per heavy atom. The highest BCUT2D eigenvalue weighted by atomic mass is 32.2. The minimum Gasteiger partial charge on any atom is -0.393 e. The van der Waals surface area contributed by atoms with Gasteiger partial charge in [-0.2, -0.15) is 0 Å². The highest BCUT2D eigenvalue weighted by molar-refractivity contribution is 7.92. The van der Waals surface area contributed by atoms with Crippen LogP contribution in [-0.4, -0.2) is 43.2 Å². The van der Waals surface area contributed by atoms with Gasteiger partial charge in [-0.05, 0) is 39.5 Å². The van der Waals surface area contributed by atoms with Crippen LogP contribution in [0.2, 0.25) is 0 Å². The Morgan fingerprint density at radius 2 is 1.81 bits per heavy atom. The van der Waals surface area contributed by atoms with Crippen molar-refractivity contribution >= 4 is 9.84 Å². The molecule has 4 nitrogen and oxygen atoms in total. The van der Waals surface area contributed by atoms with Gasteiger partial charge in [-0.3, -0.25) is 0 Å². The number of hydrogen-bond acceptors (Lipinski definition) is 4. The molecule has 16 heavy (non-hydrogen) atoms. The van der Waals surface area contributed by atoms with Crippen molar-refractivity contribution in [2.45, 2.75) is 56.9 Å². The predicted octanol–water partition coefficient (Wildman–Crippen LogP) is 0.703. The van der Waals surface area contributed by atoms with Crippen molar-refractivity contribution in [2.24, 2.45) is 0 Å². The topological polar surface area (TPSA) is 66.4 Å². The lowest BCUT2D eigenvalue weighted by Gasteiger charge is -2.26. The normalized spacial score (nSPS) is 27.2. The van der Waals surface area contributed by atoms with Gasteiger partial charge in [0.2, 0.25) is 0 Å². The van der Waals surface area contributed by atoms with Gasteiger partial charge in [-0.1, -0.05) is 0 Å². The molecule has 1 aliphatic carbocycles. The van der Waals surface area contributed by atoms with E-state index in [-0.39, 0.29) is 17.1 Å². The van der Waals surface area contributed by atoms with E-state index in [1.54, 1.807) is 13.8 Å². The van der Waals surface area contributed by atoms with E-state index in [1.165, 1.54) is 0 Å². The lowest BCUT2D eigenvalue weighted by molar-refractivity contribution is 0.117. The maximum atomic E-state index is 11.5. The first kappa shape index (κ1) is 13.9. The standard InChI is InChI=1S/C11H23NO3S/c1-9(2)16(14,15)8-7-12-10-3-5-11(13)6-4-10/h9-13H,3-8H2,1-2H3/t10-,11+. The highest BCUT2D eigenvalue weighted by Crippen LogP contribution is 2.18. The molecule has 1 aliphatic rings. The summed E-state index contributed by atoms with van der Waals surface area (Å²) in [6.07, 6.45) is 3.40. The lowest BCUT2D eigenvalue weighted by atomic mass is 9.93. The molecule has 0 aromatic carbocycles. The van der Waals surface area contributed by atoms with E-state index in [0.29, 0.717) is 12.6 Å². The molecule has 1 rings (SSSR count). The van der Waals surface area contributed by atoms with Gasteiger partial charge in [0, 0.05) is 12.6 Å². The molecule has 1 saturated carbocycles. The fourth-order valence-electron chi connectivity index (χ4n) is 1.92. The first-order valence-electron chi connectivity index (χ1n) is 6.05. The van der Waals surface area contributed by atoms with E-state index in [2.05, 4.69) is 5.32 Å². The molecule has 0 unspecified atom stereocenters. The molecular formula is C11H23NO3S. The van der Waals surface area contributed by atoms with Gasteiger partial charge in [0.05, 0.1) is 17.1 Å². The van der Waals surface area contributed by atoms with Crippen molar-refractivity contribution < 1.29 is 13.5 Å². The SMILES string of the molecule is CC(C)S(=O)(=O)CCN[C@H]1CC[C@@H](O)CC1. The van der Waals surface area contributed by atoms with Crippen LogP contribution in [0.4, 0.5) is 0 Å². The first-order valence-corrected chi connectivity index (χ1v) is 7.76. The fourth-order valence-corrected chi connectivity index (χ4v) is 2.79. The maximum Gasteiger partial charge on any atom is 0.153 e. The summed E-state index contributed by atoms with van der Waals surface area (Å²) in [4.78, 5) is 0. The van der Waals surface area contributed by atoms with Crippen molar-refractivity contribution in [3.63, 3.8) is 0 Å². The largest absolute Gasteiger partial charge is 0.393 e. The van der Waals surface area contributed by atoms with E-state index in [1.807, 2.05) is 0 Å². The Bertz CT molecular complexity index is 292. The summed E-state index contributed by atoms with van der Waals surface area (Å²) in [6.45, 7) is 3.96. The number of aliphatic hydroxyl groups excluding tert-OH is 1. The second-order valence-corrected chi connectivity index (χ2v) is 7.55. The van der Waals surface area contributed by atoms with Crippen LogP contribution >= 0.6 is 0 Å². The average Bonchev–Trinajstić information content (AvgIpc) is 2.20. The van der Waals surface area contributed by atoms with Crippen LogP contribution in [0.25, 0.3) is 0 Å². The molecule has 0 aromatic rings. The summed E-state index contributed by atoms with van der Waals surface area (Å²) in [5, 5.41) is 12.3. The van der Waals surface area contributed by atoms with Crippen LogP contribution in [-0.2, 0) is 9.84 Å². The lowest BCUT2D eigenvalue weighted by Crippen LogP contribution is -2.38. The second-order valence-electron chi connectivity index (χ2n) is 4.88. The molecule has 0 bridgehead atoms. The molecule has 0 spiro atoms. The minimum atomic E-state index is -2.92. The average molecular weight is 249 g/mol. The molecule has 0 saturated heterocycles. The Hall–Kier alpha value is -0.130. The Morgan fingerprint density at radius 1 is 1.25 bits per heavy atom. The molecule has 0 radical (unpaired) electrons. The van der Waals surface area contributed by atoms with Gasteiger partial charge in [0.25, 0.3) is 0 Å². The Labute approximate surface area is 98.4 Å². The Balaban J connectivity index is 2.21. The summed E-state index contributed by atoms with van der Waals surface area (Å²) < 4.78 is 23.1. The fraction of sp³-hybridized carbons (Fsp3) is 1.00. The van der Waals surface area contributed by atoms with Crippen LogP contribution < -0.4 is 5.32 Å². The number of aliphatic hydroxyl groups is 1. The van der Waals surface area contributed by atoms with Crippen molar-refractivity contribution in [1.29, 1.82) is 0 Å². The van der Waals surface area contributed by atoms with Gasteiger partial charge in [-0.25, -0.2) is 8.42 Å². The van der Waals surface area contributed by atoms with Gasteiger partial charge in [0.1, 0.15) is 0 Å². The smallest absolute Gasteiger partial charge is 0.153 e. The van der Waals surface area contributed by atoms with E-state index in [0.717, 1.165) is 25.7 Å². The third-order valence-electron chi connectivity index (χ3n) is 3.23. The molecule has 0 amide bonds. The van der Waals surface area contributed by atoms with E-state index in [9.17, 15) is 13.5 Å².